The summed E-state index contributed by atoms with van der Waals surface area (Å²) in [5.74, 6) is -0.359. The highest BCUT2D eigenvalue weighted by Crippen LogP contribution is 2.19. The van der Waals surface area contributed by atoms with Gasteiger partial charge in [-0.2, -0.15) is 0 Å². The second kappa shape index (κ2) is 5.52. The summed E-state index contributed by atoms with van der Waals surface area (Å²) in [5, 5.41) is 13.5. The number of nitro benzene ring substituents is 1. The van der Waals surface area contributed by atoms with Gasteiger partial charge in [-0.3, -0.25) is 14.9 Å². The molecule has 5 heteroatoms. The van der Waals surface area contributed by atoms with Crippen molar-refractivity contribution in [1.82, 2.24) is 0 Å². The summed E-state index contributed by atoms with van der Waals surface area (Å²) in [6.07, 6.45) is 0. The molecule has 0 heterocycles. The number of nitrogens with zero attached hydrogens (tertiary/aromatic N) is 1. The fraction of sp³-hybridized carbons (Fsp3) is 0.133. The summed E-state index contributed by atoms with van der Waals surface area (Å²) in [7, 11) is 0. The van der Waals surface area contributed by atoms with Crippen molar-refractivity contribution < 1.29 is 9.72 Å². The number of hydrogen-bond acceptors (Lipinski definition) is 3. The average Bonchev–Trinajstić information content (AvgIpc) is 2.43. The van der Waals surface area contributed by atoms with Crippen LogP contribution in [0.25, 0.3) is 0 Å². The lowest BCUT2D eigenvalue weighted by Gasteiger charge is -2.09. The van der Waals surface area contributed by atoms with Crippen LogP contribution in [-0.4, -0.2) is 10.8 Å². The first kappa shape index (κ1) is 13.7. The second-order valence-electron chi connectivity index (χ2n) is 4.58. The van der Waals surface area contributed by atoms with Gasteiger partial charge in [0, 0.05) is 23.4 Å². The van der Waals surface area contributed by atoms with Gasteiger partial charge in [0.2, 0.25) is 0 Å². The van der Waals surface area contributed by atoms with Crippen LogP contribution in [0.15, 0.2) is 42.5 Å². The zero-order chi connectivity index (χ0) is 14.7. The first-order chi connectivity index (χ1) is 9.47. The fourth-order valence-corrected chi connectivity index (χ4v) is 1.83. The van der Waals surface area contributed by atoms with Gasteiger partial charge in [-0.05, 0) is 37.1 Å². The van der Waals surface area contributed by atoms with E-state index >= 15 is 0 Å². The molecule has 2 aromatic carbocycles. The number of anilines is 1. The van der Waals surface area contributed by atoms with E-state index in [1.165, 1.54) is 18.2 Å². The maximum absolute atomic E-state index is 12.1. The van der Waals surface area contributed by atoms with E-state index in [-0.39, 0.29) is 17.2 Å². The van der Waals surface area contributed by atoms with Crippen molar-refractivity contribution >= 4 is 17.3 Å². The molecule has 1 amide bonds. The predicted octanol–water partition coefficient (Wildman–Crippen LogP) is 3.46. The topological polar surface area (TPSA) is 72.2 Å². The molecular formula is C15H14N2O3. The standard InChI is InChI=1S/C15H14N2O3/c1-10-6-7-11(2)14(8-10)16-15(18)12-4-3-5-13(9-12)17(19)20/h3-9H,1-2H3,(H,16,18). The Morgan fingerprint density at radius 1 is 1.15 bits per heavy atom. The van der Waals surface area contributed by atoms with Crippen molar-refractivity contribution in [3.63, 3.8) is 0 Å². The molecule has 0 aliphatic rings. The van der Waals surface area contributed by atoms with Crippen molar-refractivity contribution in [3.05, 3.63) is 69.3 Å². The number of carbonyl (C=O) groups is 1. The van der Waals surface area contributed by atoms with Crippen LogP contribution in [0.3, 0.4) is 0 Å². The van der Waals surface area contributed by atoms with Crippen LogP contribution in [0.2, 0.25) is 0 Å². The minimum absolute atomic E-state index is 0.0985. The Bertz CT molecular complexity index is 681. The highest BCUT2D eigenvalue weighted by Gasteiger charge is 2.12. The highest BCUT2D eigenvalue weighted by molar-refractivity contribution is 6.05. The first-order valence-corrected chi connectivity index (χ1v) is 6.10. The molecule has 0 aromatic heterocycles. The Kier molecular flexibility index (Phi) is 3.79. The predicted molar refractivity (Wildman–Crippen MR) is 77.0 cm³/mol. The number of nitrogens with one attached hydrogen (secondary N) is 1. The monoisotopic (exact) mass is 270 g/mol. The van der Waals surface area contributed by atoms with Gasteiger partial charge in [-0.25, -0.2) is 0 Å². The van der Waals surface area contributed by atoms with E-state index < -0.39 is 4.92 Å². The number of non-ortho nitro benzene ring substituents is 1. The Balaban J connectivity index is 2.26. The Morgan fingerprint density at radius 2 is 1.90 bits per heavy atom. The third kappa shape index (κ3) is 3.00. The molecule has 0 unspecified atom stereocenters. The number of nitro groups is 1. The number of hydrogen-bond donors (Lipinski definition) is 1. The third-order valence-electron chi connectivity index (χ3n) is 2.96. The van der Waals surface area contributed by atoms with Gasteiger partial charge in [0.1, 0.15) is 0 Å². The molecule has 20 heavy (non-hydrogen) atoms. The molecule has 0 aliphatic carbocycles. The van der Waals surface area contributed by atoms with Crippen molar-refractivity contribution in [1.29, 1.82) is 0 Å². The quantitative estimate of drug-likeness (QED) is 0.685. The maximum atomic E-state index is 12.1. The molecule has 0 aliphatic heterocycles. The van der Waals surface area contributed by atoms with Gasteiger partial charge >= 0.3 is 0 Å². The molecule has 102 valence electrons. The molecular weight excluding hydrogens is 256 g/mol. The molecule has 0 fully saturated rings. The van der Waals surface area contributed by atoms with Crippen molar-refractivity contribution in [2.75, 3.05) is 5.32 Å². The summed E-state index contributed by atoms with van der Waals surface area (Å²) >= 11 is 0. The Morgan fingerprint density at radius 3 is 2.60 bits per heavy atom. The first-order valence-electron chi connectivity index (χ1n) is 6.10. The number of amides is 1. The minimum Gasteiger partial charge on any atom is -0.322 e. The normalized spacial score (nSPS) is 10.1. The van der Waals surface area contributed by atoms with Crippen LogP contribution < -0.4 is 5.32 Å². The van der Waals surface area contributed by atoms with E-state index in [0.717, 1.165) is 11.1 Å². The molecule has 0 spiro atoms. The SMILES string of the molecule is Cc1ccc(C)c(NC(=O)c2cccc([N+](=O)[O-])c2)c1. The van der Waals surface area contributed by atoms with Gasteiger partial charge in [-0.1, -0.05) is 18.2 Å². The minimum atomic E-state index is -0.519. The van der Waals surface area contributed by atoms with Gasteiger partial charge in [0.15, 0.2) is 0 Å². The second-order valence-corrected chi connectivity index (χ2v) is 4.58. The lowest BCUT2D eigenvalue weighted by molar-refractivity contribution is -0.384. The molecule has 2 aromatic rings. The smallest absolute Gasteiger partial charge is 0.270 e. The Hall–Kier alpha value is -2.69. The number of aryl methyl sites for hydroxylation is 2. The van der Waals surface area contributed by atoms with Crippen LogP contribution >= 0.6 is 0 Å². The zero-order valence-electron chi connectivity index (χ0n) is 11.2. The van der Waals surface area contributed by atoms with Crippen LogP contribution in [0.1, 0.15) is 21.5 Å². The highest BCUT2D eigenvalue weighted by atomic mass is 16.6. The van der Waals surface area contributed by atoms with E-state index in [1.807, 2.05) is 32.0 Å². The van der Waals surface area contributed by atoms with Crippen molar-refractivity contribution in [2.24, 2.45) is 0 Å². The van der Waals surface area contributed by atoms with Gasteiger partial charge in [0.05, 0.1) is 4.92 Å². The number of benzene rings is 2. The Labute approximate surface area is 116 Å². The molecule has 0 atom stereocenters. The molecule has 0 bridgehead atoms. The van der Waals surface area contributed by atoms with E-state index in [0.29, 0.717) is 5.69 Å². The summed E-state index contributed by atoms with van der Waals surface area (Å²) in [5.41, 5.74) is 2.85. The van der Waals surface area contributed by atoms with Gasteiger partial charge < -0.3 is 5.32 Å². The van der Waals surface area contributed by atoms with Crippen LogP contribution in [0.4, 0.5) is 11.4 Å². The molecule has 0 saturated heterocycles. The summed E-state index contributed by atoms with van der Waals surface area (Å²) in [6, 6.07) is 11.4. The lowest BCUT2D eigenvalue weighted by Crippen LogP contribution is -2.13. The van der Waals surface area contributed by atoms with Gasteiger partial charge in [-0.15, -0.1) is 0 Å². The summed E-state index contributed by atoms with van der Waals surface area (Å²) < 4.78 is 0. The lowest BCUT2D eigenvalue weighted by atomic mass is 10.1. The van der Waals surface area contributed by atoms with Crippen LogP contribution in [0, 0.1) is 24.0 Å². The van der Waals surface area contributed by atoms with Gasteiger partial charge in [0.25, 0.3) is 11.6 Å². The average molecular weight is 270 g/mol. The van der Waals surface area contributed by atoms with Crippen molar-refractivity contribution in [3.8, 4) is 0 Å². The van der Waals surface area contributed by atoms with Crippen LogP contribution in [0.5, 0.6) is 0 Å². The van der Waals surface area contributed by atoms with E-state index in [4.69, 9.17) is 0 Å². The number of carbonyl (C=O) groups excluding carboxylic acids is 1. The molecule has 2 rings (SSSR count). The molecule has 1 N–H and O–H groups in total. The summed E-state index contributed by atoms with van der Waals surface area (Å²) in [6.45, 7) is 3.82. The van der Waals surface area contributed by atoms with E-state index in [9.17, 15) is 14.9 Å². The summed E-state index contributed by atoms with van der Waals surface area (Å²) in [4.78, 5) is 22.3. The fourth-order valence-electron chi connectivity index (χ4n) is 1.83. The molecule has 5 nitrogen and oxygen atoms in total. The van der Waals surface area contributed by atoms with E-state index in [2.05, 4.69) is 5.32 Å². The number of rotatable bonds is 3. The largest absolute Gasteiger partial charge is 0.322 e. The molecule has 0 saturated carbocycles. The maximum Gasteiger partial charge on any atom is 0.270 e. The molecule has 0 radical (unpaired) electrons. The zero-order valence-corrected chi connectivity index (χ0v) is 11.2. The van der Waals surface area contributed by atoms with Crippen molar-refractivity contribution in [2.45, 2.75) is 13.8 Å². The van der Waals surface area contributed by atoms with Crippen LogP contribution in [-0.2, 0) is 0 Å². The van der Waals surface area contributed by atoms with E-state index in [1.54, 1.807) is 6.07 Å². The third-order valence-corrected chi connectivity index (χ3v) is 2.96.